The maximum atomic E-state index is 13.1. The van der Waals surface area contributed by atoms with Gasteiger partial charge >= 0.3 is 6.18 Å². The van der Waals surface area contributed by atoms with Gasteiger partial charge in [-0.2, -0.15) is 13.2 Å². The van der Waals surface area contributed by atoms with Gasteiger partial charge in [0.25, 0.3) is 0 Å². The molecule has 10 heteroatoms. The summed E-state index contributed by atoms with van der Waals surface area (Å²) in [6, 6.07) is 5.08. The molecule has 1 aliphatic rings. The van der Waals surface area contributed by atoms with E-state index in [9.17, 15) is 13.2 Å². The van der Waals surface area contributed by atoms with Crippen molar-refractivity contribution in [2.75, 3.05) is 18.4 Å². The van der Waals surface area contributed by atoms with Crippen LogP contribution in [0.5, 0.6) is 0 Å². The number of hydrogen-bond donors (Lipinski definition) is 2. The van der Waals surface area contributed by atoms with Crippen molar-refractivity contribution in [2.45, 2.75) is 24.7 Å². The molecule has 1 aromatic heterocycles. The molecule has 1 fully saturated rings. The topological polar surface area (TPSA) is 85.7 Å². The molecule has 2 atom stereocenters. The number of hydrogen-bond acceptors (Lipinski definition) is 4. The normalized spacial score (nSPS) is 21.0. The fraction of sp³-hybridized carbons (Fsp3) is 0.400. The Labute approximate surface area is 146 Å². The molecule has 25 heavy (non-hydrogen) atoms. The SMILES string of the molecule is [N-]=[N+]=N[C@@H]1CNC[C@H](Nc2cc(C(F)(F)F)nc3ccc(Cl)cc23)C1. The Hall–Kier alpha value is -2.22. The maximum Gasteiger partial charge on any atom is 0.433 e. The highest BCUT2D eigenvalue weighted by Crippen LogP contribution is 2.34. The van der Waals surface area contributed by atoms with Gasteiger partial charge in [-0.3, -0.25) is 0 Å². The maximum absolute atomic E-state index is 13.1. The molecule has 0 aliphatic carbocycles. The van der Waals surface area contributed by atoms with Crippen molar-refractivity contribution >= 4 is 28.2 Å². The number of anilines is 1. The van der Waals surface area contributed by atoms with Crippen LogP contribution >= 0.6 is 11.6 Å². The summed E-state index contributed by atoms with van der Waals surface area (Å²) in [5.74, 6) is 0. The largest absolute Gasteiger partial charge is 0.433 e. The number of halogens is 4. The lowest BCUT2D eigenvalue weighted by atomic mass is 10.0. The van der Waals surface area contributed by atoms with Crippen LogP contribution in [0.4, 0.5) is 18.9 Å². The van der Waals surface area contributed by atoms with E-state index in [0.29, 0.717) is 35.6 Å². The summed E-state index contributed by atoms with van der Waals surface area (Å²) in [6.45, 7) is 1.09. The number of pyridine rings is 1. The number of piperidine rings is 1. The Balaban J connectivity index is 1.98. The standard InChI is InChI=1S/C15H14ClF3N6/c16-8-1-2-12-11(3-8)13(5-14(23-12)15(17,18)19)22-9-4-10(24-25-20)7-21-6-9/h1-3,5,9-10,21H,4,6-7H2,(H,22,23)/t9-,10+/m1/s1. The fourth-order valence-electron chi connectivity index (χ4n) is 2.87. The summed E-state index contributed by atoms with van der Waals surface area (Å²) >= 11 is 5.98. The van der Waals surface area contributed by atoms with Crippen LogP contribution in [0.3, 0.4) is 0 Å². The highest BCUT2D eigenvalue weighted by atomic mass is 35.5. The number of nitrogens with one attached hydrogen (secondary N) is 2. The van der Waals surface area contributed by atoms with Gasteiger partial charge < -0.3 is 10.6 Å². The van der Waals surface area contributed by atoms with E-state index in [0.717, 1.165) is 6.07 Å². The molecule has 1 aromatic carbocycles. The van der Waals surface area contributed by atoms with Crippen molar-refractivity contribution in [3.05, 3.63) is 45.4 Å². The third kappa shape index (κ3) is 4.07. The number of benzene rings is 1. The fourth-order valence-corrected chi connectivity index (χ4v) is 3.04. The molecule has 0 saturated carbocycles. The average Bonchev–Trinajstić information content (AvgIpc) is 2.55. The van der Waals surface area contributed by atoms with Gasteiger partial charge in [0.15, 0.2) is 0 Å². The number of aromatic nitrogens is 1. The minimum Gasteiger partial charge on any atom is -0.380 e. The quantitative estimate of drug-likeness (QED) is 0.478. The minimum atomic E-state index is -4.55. The predicted octanol–water partition coefficient (Wildman–Crippen LogP) is 4.36. The number of nitrogens with zero attached hydrogens (tertiary/aromatic N) is 4. The summed E-state index contributed by atoms with van der Waals surface area (Å²) in [5, 5.41) is 10.8. The van der Waals surface area contributed by atoms with Crippen LogP contribution in [0.2, 0.25) is 5.02 Å². The molecule has 2 heterocycles. The van der Waals surface area contributed by atoms with Gasteiger partial charge in [0, 0.05) is 40.1 Å². The van der Waals surface area contributed by atoms with Crippen LogP contribution in [0, 0.1) is 0 Å². The van der Waals surface area contributed by atoms with Crippen molar-refractivity contribution in [3.8, 4) is 0 Å². The van der Waals surface area contributed by atoms with Crippen molar-refractivity contribution in [2.24, 2.45) is 5.11 Å². The molecular formula is C15H14ClF3N6. The van der Waals surface area contributed by atoms with Crippen molar-refractivity contribution < 1.29 is 13.2 Å². The van der Waals surface area contributed by atoms with E-state index < -0.39 is 11.9 Å². The zero-order valence-electron chi connectivity index (χ0n) is 12.9. The monoisotopic (exact) mass is 370 g/mol. The molecule has 1 aliphatic heterocycles. The third-order valence-electron chi connectivity index (χ3n) is 3.96. The number of fused-ring (bicyclic) bond motifs is 1. The van der Waals surface area contributed by atoms with Crippen LogP contribution in [0.1, 0.15) is 12.1 Å². The van der Waals surface area contributed by atoms with Gasteiger partial charge in [-0.05, 0) is 36.2 Å². The first-order valence-corrected chi connectivity index (χ1v) is 7.93. The molecule has 2 aromatic rings. The first-order valence-electron chi connectivity index (χ1n) is 7.56. The Kier molecular flexibility index (Phi) is 4.89. The molecule has 0 amide bonds. The second-order valence-corrected chi connectivity index (χ2v) is 6.24. The summed E-state index contributed by atoms with van der Waals surface area (Å²) in [5.41, 5.74) is 8.09. The summed E-state index contributed by atoms with van der Waals surface area (Å²) in [7, 11) is 0. The number of rotatable bonds is 3. The van der Waals surface area contributed by atoms with Gasteiger partial charge in [0.1, 0.15) is 5.69 Å². The summed E-state index contributed by atoms with van der Waals surface area (Å²) in [4.78, 5) is 6.47. The second-order valence-electron chi connectivity index (χ2n) is 5.81. The van der Waals surface area contributed by atoms with Gasteiger partial charge in [-0.25, -0.2) is 4.98 Å². The third-order valence-corrected chi connectivity index (χ3v) is 4.20. The Morgan fingerprint density at radius 1 is 1.32 bits per heavy atom. The van der Waals surface area contributed by atoms with Crippen LogP contribution in [-0.2, 0) is 6.18 Å². The zero-order valence-corrected chi connectivity index (χ0v) is 13.6. The molecule has 1 saturated heterocycles. The molecule has 3 rings (SSSR count). The van der Waals surface area contributed by atoms with Crippen molar-refractivity contribution in [1.82, 2.24) is 10.3 Å². The van der Waals surface area contributed by atoms with Crippen molar-refractivity contribution in [3.63, 3.8) is 0 Å². The van der Waals surface area contributed by atoms with E-state index in [-0.39, 0.29) is 17.6 Å². The van der Waals surface area contributed by atoms with E-state index in [1.807, 2.05) is 0 Å². The van der Waals surface area contributed by atoms with Crippen LogP contribution in [0.15, 0.2) is 29.4 Å². The highest BCUT2D eigenvalue weighted by Gasteiger charge is 2.33. The molecule has 6 nitrogen and oxygen atoms in total. The van der Waals surface area contributed by atoms with Crippen molar-refractivity contribution in [1.29, 1.82) is 0 Å². The van der Waals surface area contributed by atoms with Gasteiger partial charge in [0.05, 0.1) is 11.6 Å². The lowest BCUT2D eigenvalue weighted by molar-refractivity contribution is -0.140. The minimum absolute atomic E-state index is 0.185. The summed E-state index contributed by atoms with van der Waals surface area (Å²) in [6.07, 6.45) is -4.04. The average molecular weight is 371 g/mol. The first kappa shape index (κ1) is 17.6. The molecule has 0 spiro atoms. The number of azide groups is 1. The molecule has 0 unspecified atom stereocenters. The smallest absolute Gasteiger partial charge is 0.380 e. The van der Waals surface area contributed by atoms with Crippen LogP contribution in [0.25, 0.3) is 21.3 Å². The summed E-state index contributed by atoms with van der Waals surface area (Å²) < 4.78 is 39.4. The Morgan fingerprint density at radius 2 is 2.12 bits per heavy atom. The van der Waals surface area contributed by atoms with Gasteiger partial charge in [-0.15, -0.1) is 0 Å². The highest BCUT2D eigenvalue weighted by molar-refractivity contribution is 6.31. The van der Waals surface area contributed by atoms with E-state index in [4.69, 9.17) is 17.1 Å². The molecule has 2 N–H and O–H groups in total. The lowest BCUT2D eigenvalue weighted by Gasteiger charge is -2.29. The Bertz CT molecular complexity index is 834. The molecular weight excluding hydrogens is 357 g/mol. The van der Waals surface area contributed by atoms with E-state index >= 15 is 0 Å². The zero-order chi connectivity index (χ0) is 18.0. The first-order chi connectivity index (χ1) is 11.9. The van der Waals surface area contributed by atoms with Crippen LogP contribution < -0.4 is 10.6 Å². The molecule has 0 radical (unpaired) electrons. The number of alkyl halides is 3. The molecule has 0 bridgehead atoms. The van der Waals surface area contributed by atoms with E-state index in [1.165, 1.54) is 12.1 Å². The van der Waals surface area contributed by atoms with Crippen LogP contribution in [-0.4, -0.2) is 30.2 Å². The predicted molar refractivity (Wildman–Crippen MR) is 89.6 cm³/mol. The van der Waals surface area contributed by atoms with Gasteiger partial charge in [0.2, 0.25) is 0 Å². The van der Waals surface area contributed by atoms with Gasteiger partial charge in [-0.1, -0.05) is 16.7 Å². The van der Waals surface area contributed by atoms with E-state index in [2.05, 4.69) is 25.6 Å². The second kappa shape index (κ2) is 6.95. The molecule has 132 valence electrons. The Morgan fingerprint density at radius 3 is 2.84 bits per heavy atom. The van der Waals surface area contributed by atoms with E-state index in [1.54, 1.807) is 6.07 Å². The lowest BCUT2D eigenvalue weighted by Crippen LogP contribution is -2.45.